The first kappa shape index (κ1) is 10.2. The number of nitrogens with zero attached hydrogens (tertiary/aromatic N) is 2. The fraction of sp³-hybridized carbons (Fsp3) is 0.600. The Morgan fingerprint density at radius 1 is 1.73 bits per heavy atom. The van der Waals surface area contributed by atoms with Crippen LogP contribution >= 0.6 is 0 Å². The van der Waals surface area contributed by atoms with Crippen LogP contribution in [0.15, 0.2) is 12.4 Å². The minimum absolute atomic E-state index is 0.131. The van der Waals surface area contributed by atoms with Crippen molar-refractivity contribution >= 4 is 5.91 Å². The molecule has 1 unspecified atom stereocenters. The van der Waals surface area contributed by atoms with Crippen LogP contribution in [0.25, 0.3) is 0 Å². The van der Waals surface area contributed by atoms with Gasteiger partial charge in [0.25, 0.3) is 0 Å². The number of imidazole rings is 1. The first-order valence-electron chi connectivity index (χ1n) is 5.29. The third-order valence-electron chi connectivity index (χ3n) is 2.67. The quantitative estimate of drug-likeness (QED) is 0.725. The van der Waals surface area contributed by atoms with E-state index in [1.54, 1.807) is 6.20 Å². The fourth-order valence-electron chi connectivity index (χ4n) is 1.78. The molecule has 2 rings (SSSR count). The van der Waals surface area contributed by atoms with E-state index in [9.17, 15) is 4.79 Å². The summed E-state index contributed by atoms with van der Waals surface area (Å²) in [6.45, 7) is 4.47. The Kier molecular flexibility index (Phi) is 3.01. The lowest BCUT2D eigenvalue weighted by molar-refractivity contribution is -0.119. The van der Waals surface area contributed by atoms with E-state index >= 15 is 0 Å². The number of nitrogens with one attached hydrogen (secondary N) is 2. The number of rotatable bonds is 4. The van der Waals surface area contributed by atoms with Gasteiger partial charge in [-0.15, -0.1) is 0 Å². The van der Waals surface area contributed by atoms with Gasteiger partial charge in [-0.1, -0.05) is 0 Å². The summed E-state index contributed by atoms with van der Waals surface area (Å²) in [6.07, 6.45) is 4.35. The van der Waals surface area contributed by atoms with Crippen molar-refractivity contribution in [3.8, 4) is 0 Å². The van der Waals surface area contributed by atoms with Crippen molar-refractivity contribution in [2.45, 2.75) is 32.5 Å². The van der Waals surface area contributed by atoms with Gasteiger partial charge in [0.15, 0.2) is 0 Å². The van der Waals surface area contributed by atoms with Gasteiger partial charge in [-0.25, -0.2) is 4.98 Å². The van der Waals surface area contributed by atoms with E-state index in [-0.39, 0.29) is 11.9 Å². The molecule has 2 N–H and O–H groups in total. The largest absolute Gasteiger partial charge is 0.354 e. The molecule has 1 aromatic rings. The SMILES string of the molecule is CCn1ccnc1CNC1CNC(=O)C1. The predicted molar refractivity (Wildman–Crippen MR) is 56.2 cm³/mol. The predicted octanol–water partition coefficient (Wildman–Crippen LogP) is -0.119. The van der Waals surface area contributed by atoms with Gasteiger partial charge >= 0.3 is 0 Å². The molecule has 1 aliphatic rings. The Morgan fingerprint density at radius 2 is 2.60 bits per heavy atom. The molecule has 5 nitrogen and oxygen atoms in total. The number of aromatic nitrogens is 2. The molecule has 1 aromatic heterocycles. The molecule has 15 heavy (non-hydrogen) atoms. The average molecular weight is 208 g/mol. The first-order chi connectivity index (χ1) is 7.29. The molecule has 1 aliphatic heterocycles. The molecule has 1 atom stereocenters. The summed E-state index contributed by atoms with van der Waals surface area (Å²) in [5.41, 5.74) is 0. The van der Waals surface area contributed by atoms with Crippen LogP contribution in [0.4, 0.5) is 0 Å². The summed E-state index contributed by atoms with van der Waals surface area (Å²) in [5.74, 6) is 1.16. The topological polar surface area (TPSA) is 59.0 Å². The fourth-order valence-corrected chi connectivity index (χ4v) is 1.78. The van der Waals surface area contributed by atoms with Crippen LogP contribution in [0, 0.1) is 0 Å². The average Bonchev–Trinajstić information content (AvgIpc) is 2.83. The molecular weight excluding hydrogens is 192 g/mol. The van der Waals surface area contributed by atoms with Crippen LogP contribution in [0.3, 0.4) is 0 Å². The standard InChI is InChI=1S/C10H16N4O/c1-2-14-4-3-11-9(14)7-12-8-5-10(15)13-6-8/h3-4,8,12H,2,5-7H2,1H3,(H,13,15). The highest BCUT2D eigenvalue weighted by Crippen LogP contribution is 2.02. The van der Waals surface area contributed by atoms with E-state index in [0.29, 0.717) is 6.42 Å². The molecule has 5 heteroatoms. The van der Waals surface area contributed by atoms with E-state index in [1.165, 1.54) is 0 Å². The lowest BCUT2D eigenvalue weighted by Crippen LogP contribution is -2.31. The maximum atomic E-state index is 11.0. The molecule has 0 spiro atoms. The van der Waals surface area contributed by atoms with E-state index in [2.05, 4.69) is 27.1 Å². The van der Waals surface area contributed by atoms with Gasteiger partial charge in [-0.05, 0) is 6.92 Å². The molecular formula is C10H16N4O. The highest BCUT2D eigenvalue weighted by Gasteiger charge is 2.20. The van der Waals surface area contributed by atoms with Crippen molar-refractivity contribution in [1.29, 1.82) is 0 Å². The molecule has 1 amide bonds. The third kappa shape index (κ3) is 2.36. The summed E-state index contributed by atoms with van der Waals surface area (Å²) >= 11 is 0. The highest BCUT2D eigenvalue weighted by atomic mass is 16.1. The Balaban J connectivity index is 1.85. The number of carbonyl (C=O) groups excluding carboxylic acids is 1. The lowest BCUT2D eigenvalue weighted by Gasteiger charge is -2.10. The van der Waals surface area contributed by atoms with Crippen LogP contribution in [-0.2, 0) is 17.9 Å². The van der Waals surface area contributed by atoms with Crippen molar-refractivity contribution in [2.75, 3.05) is 6.54 Å². The Hall–Kier alpha value is -1.36. The van der Waals surface area contributed by atoms with E-state index in [0.717, 1.165) is 25.5 Å². The Morgan fingerprint density at radius 3 is 3.27 bits per heavy atom. The number of aryl methyl sites for hydroxylation is 1. The summed E-state index contributed by atoms with van der Waals surface area (Å²) in [5, 5.41) is 6.12. The molecule has 0 radical (unpaired) electrons. The maximum absolute atomic E-state index is 11.0. The molecule has 82 valence electrons. The molecule has 1 fully saturated rings. The zero-order chi connectivity index (χ0) is 10.7. The Labute approximate surface area is 88.9 Å². The van der Waals surface area contributed by atoms with Gasteiger partial charge in [0.2, 0.25) is 5.91 Å². The minimum atomic E-state index is 0.131. The normalized spacial score (nSPS) is 20.6. The number of hydrogen-bond acceptors (Lipinski definition) is 3. The molecule has 1 saturated heterocycles. The van der Waals surface area contributed by atoms with Crippen LogP contribution in [0.1, 0.15) is 19.2 Å². The number of amides is 1. The number of hydrogen-bond donors (Lipinski definition) is 2. The first-order valence-corrected chi connectivity index (χ1v) is 5.29. The minimum Gasteiger partial charge on any atom is -0.354 e. The highest BCUT2D eigenvalue weighted by molar-refractivity contribution is 5.78. The molecule has 2 heterocycles. The summed E-state index contributed by atoms with van der Waals surface area (Å²) in [4.78, 5) is 15.2. The van der Waals surface area contributed by atoms with Crippen LogP contribution in [-0.4, -0.2) is 28.0 Å². The maximum Gasteiger partial charge on any atom is 0.221 e. The third-order valence-corrected chi connectivity index (χ3v) is 2.67. The van der Waals surface area contributed by atoms with Gasteiger partial charge in [0, 0.05) is 37.9 Å². The monoisotopic (exact) mass is 208 g/mol. The molecule has 0 aliphatic carbocycles. The molecule has 0 aromatic carbocycles. The second-order valence-corrected chi connectivity index (χ2v) is 3.72. The Bertz CT molecular complexity index is 347. The summed E-state index contributed by atoms with van der Waals surface area (Å²) in [6, 6.07) is 0.250. The van der Waals surface area contributed by atoms with Crippen molar-refractivity contribution in [3.63, 3.8) is 0 Å². The van der Waals surface area contributed by atoms with E-state index < -0.39 is 0 Å². The van der Waals surface area contributed by atoms with Gasteiger partial charge in [0.05, 0.1) is 6.54 Å². The van der Waals surface area contributed by atoms with Crippen molar-refractivity contribution < 1.29 is 4.79 Å². The van der Waals surface area contributed by atoms with Crippen molar-refractivity contribution in [1.82, 2.24) is 20.2 Å². The molecule has 0 bridgehead atoms. The van der Waals surface area contributed by atoms with Crippen molar-refractivity contribution in [2.24, 2.45) is 0 Å². The smallest absolute Gasteiger partial charge is 0.221 e. The number of carbonyl (C=O) groups is 1. The van der Waals surface area contributed by atoms with Gasteiger partial charge < -0.3 is 15.2 Å². The zero-order valence-corrected chi connectivity index (χ0v) is 8.86. The second kappa shape index (κ2) is 4.44. The van der Waals surface area contributed by atoms with Gasteiger partial charge in [-0.3, -0.25) is 4.79 Å². The zero-order valence-electron chi connectivity index (χ0n) is 8.86. The summed E-state index contributed by atoms with van der Waals surface area (Å²) in [7, 11) is 0. The van der Waals surface area contributed by atoms with E-state index in [1.807, 2.05) is 6.20 Å². The van der Waals surface area contributed by atoms with Gasteiger partial charge in [-0.2, -0.15) is 0 Å². The van der Waals surface area contributed by atoms with Crippen molar-refractivity contribution in [3.05, 3.63) is 18.2 Å². The van der Waals surface area contributed by atoms with E-state index in [4.69, 9.17) is 0 Å². The van der Waals surface area contributed by atoms with Gasteiger partial charge in [0.1, 0.15) is 5.82 Å². The van der Waals surface area contributed by atoms with Crippen LogP contribution < -0.4 is 10.6 Å². The van der Waals surface area contributed by atoms with Crippen LogP contribution in [0.5, 0.6) is 0 Å². The lowest BCUT2D eigenvalue weighted by atomic mass is 10.2. The molecule has 0 saturated carbocycles. The summed E-state index contributed by atoms with van der Waals surface area (Å²) < 4.78 is 2.09. The second-order valence-electron chi connectivity index (χ2n) is 3.72. The van der Waals surface area contributed by atoms with Crippen LogP contribution in [0.2, 0.25) is 0 Å².